The Morgan fingerprint density at radius 2 is 1.92 bits per heavy atom. The largest absolute Gasteiger partial charge is 0.493 e. The molecule has 5 heteroatoms. The highest BCUT2D eigenvalue weighted by Gasteiger charge is 2.32. The first-order valence-electron chi connectivity index (χ1n) is 9.24. The Bertz CT molecular complexity index is 517. The molecule has 1 heterocycles. The van der Waals surface area contributed by atoms with Gasteiger partial charge in [-0.05, 0) is 49.5 Å². The smallest absolute Gasteiger partial charge is 0.223 e. The standard InChI is InChI=1S/C20H32N2O3/c1-16(2)17-4-6-18(7-5-17)25-13-8-19(23)22-14-20(15-24-3)9-11-21-12-10-20/h4-7,16,21H,8-15H2,1-3H3,(H,22,23). The van der Waals surface area contributed by atoms with Crippen LogP contribution in [0.1, 0.15) is 44.6 Å². The van der Waals surface area contributed by atoms with E-state index in [9.17, 15) is 4.79 Å². The van der Waals surface area contributed by atoms with Crippen molar-refractivity contribution in [1.29, 1.82) is 0 Å². The Kier molecular flexibility index (Phi) is 7.72. The number of hydrogen-bond acceptors (Lipinski definition) is 4. The van der Waals surface area contributed by atoms with Crippen molar-refractivity contribution in [2.75, 3.05) is 40.0 Å². The van der Waals surface area contributed by atoms with Gasteiger partial charge in [-0.25, -0.2) is 0 Å². The highest BCUT2D eigenvalue weighted by Crippen LogP contribution is 2.28. The van der Waals surface area contributed by atoms with Crippen molar-refractivity contribution in [3.05, 3.63) is 29.8 Å². The van der Waals surface area contributed by atoms with Gasteiger partial charge in [-0.15, -0.1) is 0 Å². The van der Waals surface area contributed by atoms with Crippen molar-refractivity contribution in [3.8, 4) is 5.75 Å². The molecule has 25 heavy (non-hydrogen) atoms. The summed E-state index contributed by atoms with van der Waals surface area (Å²) >= 11 is 0. The van der Waals surface area contributed by atoms with E-state index in [1.807, 2.05) is 12.1 Å². The Hall–Kier alpha value is -1.59. The molecular weight excluding hydrogens is 316 g/mol. The van der Waals surface area contributed by atoms with Crippen LogP contribution in [0.25, 0.3) is 0 Å². The molecule has 1 fully saturated rings. The normalized spacial score (nSPS) is 16.6. The number of amides is 1. The van der Waals surface area contributed by atoms with Gasteiger partial charge in [0.1, 0.15) is 5.75 Å². The summed E-state index contributed by atoms with van der Waals surface area (Å²) in [5.41, 5.74) is 1.35. The second-order valence-corrected chi connectivity index (χ2v) is 7.28. The second-order valence-electron chi connectivity index (χ2n) is 7.28. The van der Waals surface area contributed by atoms with Crippen molar-refractivity contribution in [2.24, 2.45) is 5.41 Å². The average molecular weight is 348 g/mol. The third-order valence-electron chi connectivity index (χ3n) is 4.92. The number of nitrogens with one attached hydrogen (secondary N) is 2. The molecule has 0 radical (unpaired) electrons. The molecule has 0 saturated carbocycles. The van der Waals surface area contributed by atoms with Crippen molar-refractivity contribution in [1.82, 2.24) is 10.6 Å². The summed E-state index contributed by atoms with van der Waals surface area (Å²) < 4.78 is 11.1. The fourth-order valence-corrected chi connectivity index (χ4v) is 3.22. The van der Waals surface area contributed by atoms with E-state index in [0.717, 1.165) is 31.7 Å². The van der Waals surface area contributed by atoms with Crippen molar-refractivity contribution in [3.63, 3.8) is 0 Å². The third kappa shape index (κ3) is 6.33. The van der Waals surface area contributed by atoms with E-state index in [-0.39, 0.29) is 11.3 Å². The minimum Gasteiger partial charge on any atom is -0.493 e. The molecule has 1 amide bonds. The topological polar surface area (TPSA) is 59.6 Å². The van der Waals surface area contributed by atoms with E-state index in [0.29, 0.717) is 32.1 Å². The molecule has 1 aromatic carbocycles. The van der Waals surface area contributed by atoms with E-state index >= 15 is 0 Å². The minimum atomic E-state index is 0.0350. The van der Waals surface area contributed by atoms with Gasteiger partial charge < -0.3 is 20.1 Å². The third-order valence-corrected chi connectivity index (χ3v) is 4.92. The van der Waals surface area contributed by atoms with Gasteiger partial charge in [0, 0.05) is 19.1 Å². The fourth-order valence-electron chi connectivity index (χ4n) is 3.22. The Balaban J connectivity index is 1.71. The van der Waals surface area contributed by atoms with Gasteiger partial charge in [0.2, 0.25) is 5.91 Å². The molecule has 5 nitrogen and oxygen atoms in total. The predicted octanol–water partition coefficient (Wildman–Crippen LogP) is 2.71. The molecule has 2 rings (SSSR count). The average Bonchev–Trinajstić information content (AvgIpc) is 2.62. The number of carbonyl (C=O) groups is 1. The van der Waals surface area contributed by atoms with Crippen molar-refractivity contribution < 1.29 is 14.3 Å². The van der Waals surface area contributed by atoms with E-state index in [4.69, 9.17) is 9.47 Å². The zero-order valence-corrected chi connectivity index (χ0v) is 15.8. The number of ether oxygens (including phenoxy) is 2. The first-order valence-corrected chi connectivity index (χ1v) is 9.24. The van der Waals surface area contributed by atoms with Gasteiger partial charge in [0.25, 0.3) is 0 Å². The molecule has 0 atom stereocenters. The number of methoxy groups -OCH3 is 1. The van der Waals surface area contributed by atoms with Gasteiger partial charge in [-0.3, -0.25) is 4.79 Å². The molecule has 1 aliphatic rings. The number of hydrogen-bond donors (Lipinski definition) is 2. The maximum atomic E-state index is 12.1. The van der Waals surface area contributed by atoms with Crippen LogP contribution >= 0.6 is 0 Å². The van der Waals surface area contributed by atoms with Gasteiger partial charge in [0.15, 0.2) is 0 Å². The first kappa shape index (κ1) is 19.7. The molecule has 1 aliphatic heterocycles. The SMILES string of the molecule is COCC1(CNC(=O)CCOc2ccc(C(C)C)cc2)CCNCC1. The molecule has 0 unspecified atom stereocenters. The lowest BCUT2D eigenvalue weighted by molar-refractivity contribution is -0.122. The van der Waals surface area contributed by atoms with Crippen LogP contribution in [0.2, 0.25) is 0 Å². The molecule has 0 bridgehead atoms. The highest BCUT2D eigenvalue weighted by atomic mass is 16.5. The number of carbonyl (C=O) groups excluding carboxylic acids is 1. The lowest BCUT2D eigenvalue weighted by Gasteiger charge is -2.37. The summed E-state index contributed by atoms with van der Waals surface area (Å²) in [4.78, 5) is 12.1. The van der Waals surface area contributed by atoms with Crippen LogP contribution in [0.3, 0.4) is 0 Å². The molecule has 2 N–H and O–H groups in total. The molecule has 0 aliphatic carbocycles. The van der Waals surface area contributed by atoms with Crippen LogP contribution in [-0.4, -0.2) is 45.9 Å². The summed E-state index contributed by atoms with van der Waals surface area (Å²) in [7, 11) is 1.73. The maximum Gasteiger partial charge on any atom is 0.223 e. The number of rotatable bonds is 9. The summed E-state index contributed by atoms with van der Waals surface area (Å²) in [6.07, 6.45) is 2.42. The van der Waals surface area contributed by atoms with E-state index in [2.05, 4.69) is 36.6 Å². The zero-order chi connectivity index (χ0) is 18.1. The Morgan fingerprint density at radius 3 is 2.52 bits per heavy atom. The monoisotopic (exact) mass is 348 g/mol. The van der Waals surface area contributed by atoms with Crippen LogP contribution in [0, 0.1) is 5.41 Å². The molecular formula is C20H32N2O3. The van der Waals surface area contributed by atoms with Crippen LogP contribution in [0.4, 0.5) is 0 Å². The van der Waals surface area contributed by atoms with Crippen LogP contribution in [-0.2, 0) is 9.53 Å². The lowest BCUT2D eigenvalue weighted by atomic mass is 9.79. The Labute approximate surface area is 151 Å². The van der Waals surface area contributed by atoms with Gasteiger partial charge >= 0.3 is 0 Å². The summed E-state index contributed by atoms with van der Waals surface area (Å²) in [5, 5.41) is 6.42. The Morgan fingerprint density at radius 1 is 1.24 bits per heavy atom. The molecule has 0 aromatic heterocycles. The summed E-state index contributed by atoms with van der Waals surface area (Å²) in [6.45, 7) is 8.05. The van der Waals surface area contributed by atoms with E-state index < -0.39 is 0 Å². The van der Waals surface area contributed by atoms with Gasteiger partial charge in [-0.1, -0.05) is 26.0 Å². The van der Waals surface area contributed by atoms with Crippen LogP contribution < -0.4 is 15.4 Å². The first-order chi connectivity index (χ1) is 12.0. The molecule has 140 valence electrons. The van der Waals surface area contributed by atoms with Crippen molar-refractivity contribution >= 4 is 5.91 Å². The summed E-state index contributed by atoms with van der Waals surface area (Å²) in [6, 6.07) is 8.09. The highest BCUT2D eigenvalue weighted by molar-refractivity contribution is 5.76. The molecule has 0 spiro atoms. The predicted molar refractivity (Wildman–Crippen MR) is 100 cm³/mol. The maximum absolute atomic E-state index is 12.1. The quantitative estimate of drug-likeness (QED) is 0.720. The minimum absolute atomic E-state index is 0.0350. The van der Waals surface area contributed by atoms with Gasteiger partial charge in [0.05, 0.1) is 19.6 Å². The fraction of sp³-hybridized carbons (Fsp3) is 0.650. The van der Waals surface area contributed by atoms with E-state index in [1.165, 1.54) is 5.56 Å². The zero-order valence-electron chi connectivity index (χ0n) is 15.8. The van der Waals surface area contributed by atoms with Crippen LogP contribution in [0.15, 0.2) is 24.3 Å². The van der Waals surface area contributed by atoms with Crippen molar-refractivity contribution in [2.45, 2.75) is 39.0 Å². The summed E-state index contributed by atoms with van der Waals surface area (Å²) in [5.74, 6) is 1.36. The molecule has 1 aromatic rings. The number of benzene rings is 1. The van der Waals surface area contributed by atoms with Gasteiger partial charge in [-0.2, -0.15) is 0 Å². The number of piperidine rings is 1. The lowest BCUT2D eigenvalue weighted by Crippen LogP contribution is -2.47. The van der Waals surface area contributed by atoms with E-state index in [1.54, 1.807) is 7.11 Å². The molecule has 1 saturated heterocycles. The van der Waals surface area contributed by atoms with Crippen LogP contribution in [0.5, 0.6) is 5.75 Å². The second kappa shape index (κ2) is 9.78.